The molecule has 2 atom stereocenters. The van der Waals surface area contributed by atoms with Crippen LogP contribution in [0.25, 0.3) is 0 Å². The Bertz CT molecular complexity index is 259. The third-order valence-electron chi connectivity index (χ3n) is 5.65. The minimum absolute atomic E-state index is 0.248. The van der Waals surface area contributed by atoms with E-state index in [0.29, 0.717) is 0 Å². The minimum Gasteiger partial charge on any atom is -0.377 e. The van der Waals surface area contributed by atoms with Crippen molar-refractivity contribution in [2.45, 2.75) is 109 Å². The Morgan fingerprint density at radius 3 is 1.50 bits per heavy atom. The van der Waals surface area contributed by atoms with Gasteiger partial charge in [-0.3, -0.25) is 4.90 Å². The van der Waals surface area contributed by atoms with Gasteiger partial charge in [0.25, 0.3) is 0 Å². The van der Waals surface area contributed by atoms with Crippen LogP contribution >= 0.6 is 0 Å². The van der Waals surface area contributed by atoms with Crippen LogP contribution in [0.2, 0.25) is 0 Å². The molecule has 0 aromatic carbocycles. The second-order valence-electron chi connectivity index (χ2n) is 7.56. The Kier molecular flexibility index (Phi) is 12.9. The van der Waals surface area contributed by atoms with Crippen molar-refractivity contribution in [1.82, 2.24) is 4.90 Å². The molecule has 0 unspecified atom stereocenters. The van der Waals surface area contributed by atoms with E-state index in [1.54, 1.807) is 0 Å². The normalized spacial score (nSPS) is 21.9. The summed E-state index contributed by atoms with van der Waals surface area (Å²) < 4.78 is 11.3. The van der Waals surface area contributed by atoms with Gasteiger partial charge in [0.1, 0.15) is 0 Å². The lowest BCUT2D eigenvalue weighted by Crippen LogP contribution is -2.34. The summed E-state index contributed by atoms with van der Waals surface area (Å²) in [6.07, 6.45) is 17.0. The number of hydrogen-bond donors (Lipinski definition) is 0. The molecule has 1 aliphatic heterocycles. The largest absolute Gasteiger partial charge is 0.377 e. The Balaban J connectivity index is 2.41. The van der Waals surface area contributed by atoms with Crippen molar-refractivity contribution >= 4 is 0 Å². The second kappa shape index (κ2) is 14.1. The second-order valence-corrected chi connectivity index (χ2v) is 7.56. The molecular weight excluding hydrogens is 298 g/mol. The highest BCUT2D eigenvalue weighted by atomic mass is 16.5. The average Bonchev–Trinajstić information content (AvgIpc) is 3.02. The smallest absolute Gasteiger partial charge is 0.0971 e. The van der Waals surface area contributed by atoms with Gasteiger partial charge in [-0.2, -0.15) is 0 Å². The lowest BCUT2D eigenvalue weighted by Gasteiger charge is -2.28. The van der Waals surface area contributed by atoms with Crippen molar-refractivity contribution in [3.63, 3.8) is 0 Å². The van der Waals surface area contributed by atoms with Gasteiger partial charge in [-0.1, -0.05) is 78.1 Å². The number of hydrogen-bond acceptors (Lipinski definition) is 3. The molecule has 0 N–H and O–H groups in total. The molecule has 1 fully saturated rings. The van der Waals surface area contributed by atoms with E-state index in [1.165, 1.54) is 77.0 Å². The van der Waals surface area contributed by atoms with Gasteiger partial charge in [-0.05, 0) is 12.8 Å². The Labute approximate surface area is 151 Å². The average molecular weight is 342 g/mol. The quantitative estimate of drug-likeness (QED) is 0.371. The number of ether oxygens (including phenoxy) is 2. The molecule has 1 rings (SSSR count). The van der Waals surface area contributed by atoms with Crippen LogP contribution in [0.4, 0.5) is 0 Å². The lowest BCUT2D eigenvalue weighted by atomic mass is 9.99. The van der Waals surface area contributed by atoms with E-state index >= 15 is 0 Å². The molecule has 0 spiro atoms. The molecule has 1 heterocycles. The number of nitrogens with zero attached hydrogens (tertiary/aromatic N) is 1. The molecular formula is C21H43NO2. The van der Waals surface area contributed by atoms with Crippen LogP contribution in [0.15, 0.2) is 0 Å². The highest BCUT2D eigenvalue weighted by Gasteiger charge is 2.35. The van der Waals surface area contributed by atoms with Crippen LogP contribution in [0, 0.1) is 0 Å². The number of unbranched alkanes of at least 4 members (excludes halogenated alkanes) is 8. The van der Waals surface area contributed by atoms with Gasteiger partial charge in [-0.15, -0.1) is 0 Å². The summed E-state index contributed by atoms with van der Waals surface area (Å²) in [5, 5.41) is 0. The van der Waals surface area contributed by atoms with Crippen LogP contribution in [-0.2, 0) is 9.47 Å². The van der Waals surface area contributed by atoms with Crippen LogP contribution in [0.3, 0.4) is 0 Å². The monoisotopic (exact) mass is 341 g/mol. The summed E-state index contributed by atoms with van der Waals surface area (Å²) in [7, 11) is 3.65. The number of likely N-dealkylation sites (tertiary alicyclic amines) is 1. The van der Waals surface area contributed by atoms with Crippen molar-refractivity contribution < 1.29 is 9.47 Å². The molecule has 0 saturated carbocycles. The summed E-state index contributed by atoms with van der Waals surface area (Å²) in [6, 6.07) is 0.728. The van der Waals surface area contributed by atoms with E-state index < -0.39 is 0 Å². The fourth-order valence-electron chi connectivity index (χ4n) is 4.00. The molecule has 1 aliphatic rings. The van der Waals surface area contributed by atoms with Gasteiger partial charge in [0.15, 0.2) is 0 Å². The van der Waals surface area contributed by atoms with Crippen molar-refractivity contribution in [2.24, 2.45) is 0 Å². The first-order valence-electron chi connectivity index (χ1n) is 10.6. The van der Waals surface area contributed by atoms with E-state index in [1.807, 2.05) is 14.2 Å². The van der Waals surface area contributed by atoms with Crippen LogP contribution in [0.1, 0.15) is 90.9 Å². The van der Waals surface area contributed by atoms with E-state index in [0.717, 1.165) is 19.1 Å². The van der Waals surface area contributed by atoms with Gasteiger partial charge in [0.2, 0.25) is 0 Å². The predicted octanol–water partition coefficient (Wildman–Crippen LogP) is 5.42. The highest BCUT2D eigenvalue weighted by molar-refractivity contribution is 4.89. The van der Waals surface area contributed by atoms with Gasteiger partial charge in [-0.25, -0.2) is 0 Å². The molecule has 0 bridgehead atoms. The molecule has 1 saturated heterocycles. The summed E-state index contributed by atoms with van der Waals surface area (Å²) in [5.74, 6) is 0. The molecule has 0 aromatic heterocycles. The molecule has 144 valence electrons. The third-order valence-corrected chi connectivity index (χ3v) is 5.65. The van der Waals surface area contributed by atoms with Crippen LogP contribution in [0.5, 0.6) is 0 Å². The Morgan fingerprint density at radius 1 is 0.708 bits per heavy atom. The molecule has 0 radical (unpaired) electrons. The third kappa shape index (κ3) is 8.31. The SMILES string of the molecule is CCCCCCCC(CCCCCCC)N1C[C@H](OC)[C@H](OC)C1. The molecule has 3 heteroatoms. The maximum absolute atomic E-state index is 5.64. The van der Waals surface area contributed by atoms with Crippen LogP contribution in [-0.4, -0.2) is 50.5 Å². The van der Waals surface area contributed by atoms with Gasteiger partial charge >= 0.3 is 0 Å². The van der Waals surface area contributed by atoms with Crippen molar-refractivity contribution in [3.05, 3.63) is 0 Å². The fourth-order valence-corrected chi connectivity index (χ4v) is 4.00. The van der Waals surface area contributed by atoms with Crippen molar-refractivity contribution in [3.8, 4) is 0 Å². The summed E-state index contributed by atoms with van der Waals surface area (Å²) >= 11 is 0. The fraction of sp³-hybridized carbons (Fsp3) is 1.00. The molecule has 3 nitrogen and oxygen atoms in total. The Morgan fingerprint density at radius 2 is 1.12 bits per heavy atom. The maximum atomic E-state index is 5.64. The maximum Gasteiger partial charge on any atom is 0.0971 e. The zero-order valence-electron chi connectivity index (χ0n) is 16.9. The predicted molar refractivity (Wildman–Crippen MR) is 104 cm³/mol. The minimum atomic E-state index is 0.248. The first-order valence-corrected chi connectivity index (χ1v) is 10.6. The molecule has 0 aliphatic carbocycles. The molecule has 24 heavy (non-hydrogen) atoms. The van der Waals surface area contributed by atoms with E-state index in [9.17, 15) is 0 Å². The zero-order valence-corrected chi connectivity index (χ0v) is 16.9. The van der Waals surface area contributed by atoms with E-state index in [-0.39, 0.29) is 12.2 Å². The lowest BCUT2D eigenvalue weighted by molar-refractivity contribution is -0.00461. The van der Waals surface area contributed by atoms with Crippen LogP contribution < -0.4 is 0 Å². The first kappa shape index (κ1) is 21.9. The van der Waals surface area contributed by atoms with Gasteiger partial charge in [0.05, 0.1) is 12.2 Å². The zero-order chi connectivity index (χ0) is 17.6. The van der Waals surface area contributed by atoms with Crippen molar-refractivity contribution in [2.75, 3.05) is 27.3 Å². The first-order chi connectivity index (χ1) is 11.8. The number of rotatable bonds is 15. The number of methoxy groups -OCH3 is 2. The van der Waals surface area contributed by atoms with Crippen molar-refractivity contribution in [1.29, 1.82) is 0 Å². The summed E-state index contributed by atoms with van der Waals surface area (Å²) in [6.45, 7) is 6.67. The van der Waals surface area contributed by atoms with E-state index in [2.05, 4.69) is 18.7 Å². The standard InChI is InChI=1S/C21H43NO2/c1-5-7-9-11-13-15-19(16-14-12-10-8-6-2)22-17-20(23-3)21(18-22)24-4/h19-21H,5-18H2,1-4H3/t20-,21+. The molecule has 0 aromatic rings. The summed E-state index contributed by atoms with van der Waals surface area (Å²) in [4.78, 5) is 2.65. The topological polar surface area (TPSA) is 21.7 Å². The van der Waals surface area contributed by atoms with E-state index in [4.69, 9.17) is 9.47 Å². The summed E-state index contributed by atoms with van der Waals surface area (Å²) in [5.41, 5.74) is 0. The molecule has 0 amide bonds. The van der Waals surface area contributed by atoms with Gasteiger partial charge < -0.3 is 9.47 Å². The van der Waals surface area contributed by atoms with Gasteiger partial charge in [0, 0.05) is 33.4 Å². The highest BCUT2D eigenvalue weighted by Crippen LogP contribution is 2.24. The Hall–Kier alpha value is -0.120.